The zero-order valence-electron chi connectivity index (χ0n) is 17.7. The van der Waals surface area contributed by atoms with Crippen molar-refractivity contribution in [1.29, 1.82) is 0 Å². The first kappa shape index (κ1) is 20.3. The van der Waals surface area contributed by atoms with Gasteiger partial charge in [0.05, 0.1) is 17.9 Å². The SMILES string of the molecule is Cc1ccccc1-n1ncc([C@@H](C)NC(=O)c2ccc(-c3ccccc3)[nH]c2=O)c1C. The molecule has 0 bridgehead atoms. The maximum absolute atomic E-state index is 12.8. The van der Waals surface area contributed by atoms with Crippen molar-refractivity contribution in [2.75, 3.05) is 0 Å². The summed E-state index contributed by atoms with van der Waals surface area (Å²) in [4.78, 5) is 28.1. The summed E-state index contributed by atoms with van der Waals surface area (Å²) in [5.74, 6) is -0.420. The molecule has 0 unspecified atom stereocenters. The number of carbonyl (C=O) groups excluding carboxylic acids is 1. The van der Waals surface area contributed by atoms with E-state index in [1.807, 2.05) is 80.1 Å². The topological polar surface area (TPSA) is 79.8 Å². The Balaban J connectivity index is 1.54. The quantitative estimate of drug-likeness (QED) is 0.512. The number of rotatable bonds is 5. The second kappa shape index (κ2) is 8.44. The average molecular weight is 412 g/mol. The van der Waals surface area contributed by atoms with Gasteiger partial charge in [-0.25, -0.2) is 4.68 Å². The number of pyridine rings is 1. The number of benzene rings is 2. The number of nitrogens with zero attached hydrogens (tertiary/aromatic N) is 2. The number of nitrogens with one attached hydrogen (secondary N) is 2. The molecular formula is C25H24N4O2. The fourth-order valence-corrected chi connectivity index (χ4v) is 3.68. The molecule has 0 aliphatic heterocycles. The lowest BCUT2D eigenvalue weighted by Crippen LogP contribution is -2.31. The summed E-state index contributed by atoms with van der Waals surface area (Å²) < 4.78 is 1.87. The molecule has 2 aromatic heterocycles. The van der Waals surface area contributed by atoms with Crippen LogP contribution in [0.4, 0.5) is 0 Å². The molecule has 6 heteroatoms. The van der Waals surface area contributed by atoms with Gasteiger partial charge in [0, 0.05) is 17.0 Å². The van der Waals surface area contributed by atoms with Gasteiger partial charge in [-0.05, 0) is 50.1 Å². The number of para-hydroxylation sites is 1. The fourth-order valence-electron chi connectivity index (χ4n) is 3.68. The predicted octanol–water partition coefficient (Wildman–Crippen LogP) is 4.34. The molecule has 4 aromatic rings. The summed E-state index contributed by atoms with van der Waals surface area (Å²) in [7, 11) is 0. The van der Waals surface area contributed by atoms with Crippen LogP contribution < -0.4 is 10.9 Å². The molecule has 6 nitrogen and oxygen atoms in total. The average Bonchev–Trinajstić information content (AvgIpc) is 3.15. The van der Waals surface area contributed by atoms with E-state index >= 15 is 0 Å². The van der Waals surface area contributed by atoms with Crippen LogP contribution in [0.1, 0.15) is 40.1 Å². The molecule has 2 heterocycles. The summed E-state index contributed by atoms with van der Waals surface area (Å²) in [6.07, 6.45) is 1.76. The van der Waals surface area contributed by atoms with E-state index in [0.717, 1.165) is 28.1 Å². The lowest BCUT2D eigenvalue weighted by molar-refractivity contribution is 0.0938. The van der Waals surface area contributed by atoms with Gasteiger partial charge in [0.2, 0.25) is 0 Å². The lowest BCUT2D eigenvalue weighted by Gasteiger charge is -2.15. The van der Waals surface area contributed by atoms with E-state index in [9.17, 15) is 9.59 Å². The summed E-state index contributed by atoms with van der Waals surface area (Å²) in [6, 6.07) is 20.5. The standard InChI is InChI=1S/C25H24N4O2/c1-16-9-7-8-12-23(16)29-18(3)21(15-26-29)17(2)27-24(30)20-13-14-22(28-25(20)31)19-10-5-4-6-11-19/h4-15,17H,1-3H3,(H,27,30)(H,28,31)/t17-/m1/s1. The highest BCUT2D eigenvalue weighted by molar-refractivity contribution is 5.94. The van der Waals surface area contributed by atoms with Gasteiger partial charge in [0.1, 0.15) is 5.56 Å². The number of aryl methyl sites for hydroxylation is 1. The van der Waals surface area contributed by atoms with Crippen molar-refractivity contribution < 1.29 is 4.79 Å². The molecule has 0 spiro atoms. The maximum atomic E-state index is 12.8. The van der Waals surface area contributed by atoms with Crippen molar-refractivity contribution in [3.63, 3.8) is 0 Å². The Labute approximate surface area is 180 Å². The van der Waals surface area contributed by atoms with Crippen molar-refractivity contribution in [2.45, 2.75) is 26.8 Å². The smallest absolute Gasteiger partial charge is 0.261 e. The molecule has 1 amide bonds. The Hall–Kier alpha value is -3.93. The molecule has 156 valence electrons. The summed E-state index contributed by atoms with van der Waals surface area (Å²) in [5, 5.41) is 7.43. The molecule has 2 aromatic carbocycles. The molecule has 0 saturated heterocycles. The Morgan fingerprint density at radius 3 is 2.42 bits per heavy atom. The van der Waals surface area contributed by atoms with Crippen LogP contribution in [-0.2, 0) is 0 Å². The normalized spacial score (nSPS) is 11.8. The third-order valence-corrected chi connectivity index (χ3v) is 5.44. The Morgan fingerprint density at radius 1 is 1.00 bits per heavy atom. The van der Waals surface area contributed by atoms with Crippen molar-refractivity contribution in [2.24, 2.45) is 0 Å². The highest BCUT2D eigenvalue weighted by Crippen LogP contribution is 2.22. The number of H-pyrrole nitrogens is 1. The minimum atomic E-state index is -0.420. The summed E-state index contributed by atoms with van der Waals surface area (Å²) in [5.41, 5.74) is 5.17. The van der Waals surface area contributed by atoms with Gasteiger partial charge >= 0.3 is 0 Å². The first-order valence-electron chi connectivity index (χ1n) is 10.2. The van der Waals surface area contributed by atoms with Crippen LogP contribution in [0.3, 0.4) is 0 Å². The van der Waals surface area contributed by atoms with Crippen molar-refractivity contribution >= 4 is 5.91 Å². The van der Waals surface area contributed by atoms with Crippen LogP contribution in [0.5, 0.6) is 0 Å². The maximum Gasteiger partial charge on any atom is 0.261 e. The largest absolute Gasteiger partial charge is 0.345 e. The minimum Gasteiger partial charge on any atom is -0.345 e. The number of aromatic amines is 1. The summed E-state index contributed by atoms with van der Waals surface area (Å²) >= 11 is 0. The van der Waals surface area contributed by atoms with Crippen LogP contribution in [-0.4, -0.2) is 20.7 Å². The van der Waals surface area contributed by atoms with Gasteiger partial charge in [0.15, 0.2) is 0 Å². The third kappa shape index (κ3) is 4.05. The zero-order valence-corrected chi connectivity index (χ0v) is 17.7. The number of hydrogen-bond acceptors (Lipinski definition) is 3. The molecule has 0 aliphatic rings. The van der Waals surface area contributed by atoms with E-state index < -0.39 is 11.5 Å². The highest BCUT2D eigenvalue weighted by Gasteiger charge is 2.19. The third-order valence-electron chi connectivity index (χ3n) is 5.44. The van der Waals surface area contributed by atoms with Crippen molar-refractivity contribution in [3.8, 4) is 16.9 Å². The second-order valence-electron chi connectivity index (χ2n) is 7.56. The molecule has 4 rings (SSSR count). The van der Waals surface area contributed by atoms with Gasteiger partial charge in [-0.15, -0.1) is 0 Å². The monoisotopic (exact) mass is 412 g/mol. The highest BCUT2D eigenvalue weighted by atomic mass is 16.2. The van der Waals surface area contributed by atoms with E-state index in [4.69, 9.17) is 0 Å². The van der Waals surface area contributed by atoms with Crippen molar-refractivity contribution in [3.05, 3.63) is 106 Å². The van der Waals surface area contributed by atoms with Crippen molar-refractivity contribution in [1.82, 2.24) is 20.1 Å². The van der Waals surface area contributed by atoms with E-state index in [-0.39, 0.29) is 11.6 Å². The summed E-state index contributed by atoms with van der Waals surface area (Å²) in [6.45, 7) is 5.89. The molecule has 0 radical (unpaired) electrons. The van der Waals surface area contributed by atoms with Gasteiger partial charge in [-0.3, -0.25) is 9.59 Å². The molecule has 0 aliphatic carbocycles. The molecular weight excluding hydrogens is 388 g/mol. The van der Waals surface area contributed by atoms with Gasteiger partial charge in [-0.2, -0.15) is 5.10 Å². The molecule has 2 N–H and O–H groups in total. The first-order valence-corrected chi connectivity index (χ1v) is 10.2. The van der Waals surface area contributed by atoms with Crippen LogP contribution in [0, 0.1) is 13.8 Å². The van der Waals surface area contributed by atoms with Crippen LogP contribution in [0.25, 0.3) is 16.9 Å². The van der Waals surface area contributed by atoms with Gasteiger partial charge in [0.25, 0.3) is 11.5 Å². The lowest BCUT2D eigenvalue weighted by atomic mass is 10.1. The number of aromatic nitrogens is 3. The van der Waals surface area contributed by atoms with E-state index in [1.54, 1.807) is 18.3 Å². The molecule has 0 saturated carbocycles. The van der Waals surface area contributed by atoms with Crippen LogP contribution >= 0.6 is 0 Å². The fraction of sp³-hybridized carbons (Fsp3) is 0.160. The van der Waals surface area contributed by atoms with Gasteiger partial charge in [-0.1, -0.05) is 48.5 Å². The minimum absolute atomic E-state index is 0.0791. The number of carbonyl (C=O) groups is 1. The molecule has 0 fully saturated rings. The van der Waals surface area contributed by atoms with E-state index in [2.05, 4.69) is 15.4 Å². The second-order valence-corrected chi connectivity index (χ2v) is 7.56. The Bertz CT molecular complexity index is 1290. The Morgan fingerprint density at radius 2 is 1.71 bits per heavy atom. The van der Waals surface area contributed by atoms with E-state index in [0.29, 0.717) is 5.69 Å². The number of hydrogen-bond donors (Lipinski definition) is 2. The first-order chi connectivity index (χ1) is 15.0. The Kier molecular flexibility index (Phi) is 5.54. The number of amides is 1. The predicted molar refractivity (Wildman–Crippen MR) is 121 cm³/mol. The van der Waals surface area contributed by atoms with Crippen LogP contribution in [0.2, 0.25) is 0 Å². The molecule has 31 heavy (non-hydrogen) atoms. The van der Waals surface area contributed by atoms with Crippen LogP contribution in [0.15, 0.2) is 77.7 Å². The van der Waals surface area contributed by atoms with E-state index in [1.165, 1.54) is 0 Å². The zero-order chi connectivity index (χ0) is 22.0. The van der Waals surface area contributed by atoms with Gasteiger partial charge < -0.3 is 10.3 Å². The molecule has 1 atom stereocenters.